The van der Waals surface area contributed by atoms with Crippen molar-refractivity contribution < 1.29 is 9.47 Å². The van der Waals surface area contributed by atoms with E-state index in [4.69, 9.17) is 14.5 Å². The molecule has 0 N–H and O–H groups in total. The Labute approximate surface area is 176 Å². The molecule has 0 saturated carbocycles. The van der Waals surface area contributed by atoms with Crippen molar-refractivity contribution in [1.82, 2.24) is 14.8 Å². The smallest absolute Gasteiger partial charge is 0.158 e. The van der Waals surface area contributed by atoms with Crippen LogP contribution in [0.3, 0.4) is 0 Å². The molecule has 0 bridgehead atoms. The molecule has 5 nitrogen and oxygen atoms in total. The maximum Gasteiger partial charge on any atom is 0.158 e. The lowest BCUT2D eigenvalue weighted by Gasteiger charge is -2.22. The molecule has 0 radical (unpaired) electrons. The highest BCUT2D eigenvalue weighted by Crippen LogP contribution is 2.41. The first-order valence-electron chi connectivity index (χ1n) is 10.4. The number of hydrogen-bond donors (Lipinski definition) is 0. The van der Waals surface area contributed by atoms with Gasteiger partial charge in [-0.1, -0.05) is 25.1 Å². The van der Waals surface area contributed by atoms with Gasteiger partial charge in [0.1, 0.15) is 11.5 Å². The third-order valence-electron chi connectivity index (χ3n) is 6.06. The first-order valence-corrected chi connectivity index (χ1v) is 10.4. The fourth-order valence-electron chi connectivity index (χ4n) is 4.45. The monoisotopic (exact) mass is 399 g/mol. The van der Waals surface area contributed by atoms with Crippen LogP contribution in [0.5, 0.6) is 11.5 Å². The van der Waals surface area contributed by atoms with E-state index in [1.807, 2.05) is 29.2 Å². The number of pyridine rings is 1. The highest BCUT2D eigenvalue weighted by atomic mass is 16.5. The van der Waals surface area contributed by atoms with Crippen LogP contribution >= 0.6 is 0 Å². The third kappa shape index (κ3) is 3.02. The van der Waals surface area contributed by atoms with Crippen LogP contribution in [-0.4, -0.2) is 29.0 Å². The van der Waals surface area contributed by atoms with E-state index in [-0.39, 0.29) is 0 Å². The zero-order chi connectivity index (χ0) is 20.7. The van der Waals surface area contributed by atoms with Gasteiger partial charge in [-0.15, -0.1) is 0 Å². The lowest BCUT2D eigenvalue weighted by Crippen LogP contribution is -2.08. The minimum Gasteiger partial charge on any atom is -0.497 e. The number of nitrogens with zero attached hydrogens (tertiary/aromatic N) is 3. The number of rotatable bonds is 5. The van der Waals surface area contributed by atoms with Gasteiger partial charge in [0.15, 0.2) is 5.65 Å². The summed E-state index contributed by atoms with van der Waals surface area (Å²) in [5.74, 6) is 1.81. The highest BCUT2D eigenvalue weighted by molar-refractivity contribution is 5.96. The Hall–Kier alpha value is -3.34. The number of fused-ring (bicyclic) bond motifs is 5. The zero-order valence-corrected chi connectivity index (χ0v) is 17.6. The second-order valence-electron chi connectivity index (χ2n) is 7.72. The molecular weight excluding hydrogens is 374 g/mol. The Kier molecular flexibility index (Phi) is 4.66. The van der Waals surface area contributed by atoms with Crippen molar-refractivity contribution in [2.45, 2.75) is 32.7 Å². The van der Waals surface area contributed by atoms with Gasteiger partial charge in [0.05, 0.1) is 27.0 Å². The zero-order valence-electron chi connectivity index (χ0n) is 17.6. The minimum atomic E-state index is 0.671. The summed E-state index contributed by atoms with van der Waals surface area (Å²) < 4.78 is 12.9. The van der Waals surface area contributed by atoms with Gasteiger partial charge < -0.3 is 9.47 Å². The van der Waals surface area contributed by atoms with Gasteiger partial charge in [0.2, 0.25) is 0 Å². The quantitative estimate of drug-likeness (QED) is 0.483. The fourth-order valence-corrected chi connectivity index (χ4v) is 4.45. The van der Waals surface area contributed by atoms with Crippen molar-refractivity contribution in [1.29, 1.82) is 0 Å². The topological polar surface area (TPSA) is 49.2 Å². The Morgan fingerprint density at radius 1 is 0.967 bits per heavy atom. The molecule has 5 rings (SSSR count). The van der Waals surface area contributed by atoms with Crippen molar-refractivity contribution in [3.8, 4) is 22.6 Å². The molecule has 2 heterocycles. The Morgan fingerprint density at radius 2 is 1.77 bits per heavy atom. The van der Waals surface area contributed by atoms with Gasteiger partial charge in [-0.2, -0.15) is 5.10 Å². The summed E-state index contributed by atoms with van der Waals surface area (Å²) in [4.78, 5) is 4.78. The van der Waals surface area contributed by atoms with Gasteiger partial charge in [0.25, 0.3) is 0 Å². The number of methoxy groups -OCH3 is 2. The van der Waals surface area contributed by atoms with Crippen LogP contribution in [0.15, 0.2) is 48.8 Å². The fraction of sp³-hybridized carbons (Fsp3) is 0.280. The van der Waals surface area contributed by atoms with E-state index < -0.39 is 0 Å². The summed E-state index contributed by atoms with van der Waals surface area (Å²) in [6.45, 7) is 2.84. The molecule has 0 fully saturated rings. The molecule has 1 aliphatic rings. The predicted molar refractivity (Wildman–Crippen MR) is 118 cm³/mol. The molecule has 0 aliphatic heterocycles. The SMILES string of the molecule is CCc1cc2c(cc1OC)-c1c(cnc3c1cnn3Cc1ccc(OC)cc1)CC2. The molecule has 30 heavy (non-hydrogen) atoms. The first kappa shape index (κ1) is 18.7. The van der Waals surface area contributed by atoms with Gasteiger partial charge in [-0.25, -0.2) is 9.67 Å². The second kappa shape index (κ2) is 7.48. The standard InChI is InChI=1S/C25H25N3O2/c1-4-17-11-18-7-8-19-13-26-25-22(24(19)21(18)12-23(17)30-3)14-27-28(25)15-16-5-9-20(29-2)10-6-16/h5-6,9-14H,4,7-8,15H2,1-3H3. The maximum atomic E-state index is 5.69. The molecule has 2 aromatic heterocycles. The molecule has 0 saturated heterocycles. The third-order valence-corrected chi connectivity index (χ3v) is 6.06. The summed E-state index contributed by atoms with van der Waals surface area (Å²) in [6, 6.07) is 12.6. The average Bonchev–Trinajstić information content (AvgIpc) is 3.21. The van der Waals surface area contributed by atoms with Crippen LogP contribution in [-0.2, 0) is 25.8 Å². The average molecular weight is 399 g/mol. The van der Waals surface area contributed by atoms with Crippen LogP contribution in [0, 0.1) is 0 Å². The van der Waals surface area contributed by atoms with E-state index in [2.05, 4.69) is 36.3 Å². The lowest BCUT2D eigenvalue weighted by atomic mass is 9.84. The summed E-state index contributed by atoms with van der Waals surface area (Å²) in [7, 11) is 3.43. The molecule has 0 amide bonds. The molecule has 0 atom stereocenters. The summed E-state index contributed by atoms with van der Waals surface area (Å²) in [5.41, 5.74) is 8.51. The highest BCUT2D eigenvalue weighted by Gasteiger charge is 2.23. The normalized spacial score (nSPS) is 12.5. The number of ether oxygens (including phenoxy) is 2. The number of hydrogen-bond acceptors (Lipinski definition) is 4. The second-order valence-corrected chi connectivity index (χ2v) is 7.72. The lowest BCUT2D eigenvalue weighted by molar-refractivity contribution is 0.410. The van der Waals surface area contributed by atoms with Crippen molar-refractivity contribution in [3.05, 3.63) is 71.0 Å². The largest absolute Gasteiger partial charge is 0.497 e. The predicted octanol–water partition coefficient (Wildman–Crippen LogP) is 4.82. The van der Waals surface area contributed by atoms with E-state index in [0.29, 0.717) is 6.54 Å². The molecule has 2 aromatic carbocycles. The van der Waals surface area contributed by atoms with Crippen molar-refractivity contribution in [2.75, 3.05) is 14.2 Å². The summed E-state index contributed by atoms with van der Waals surface area (Å²) in [5, 5.41) is 5.79. The molecule has 0 spiro atoms. The van der Waals surface area contributed by atoms with Crippen LogP contribution in [0.25, 0.3) is 22.2 Å². The molecule has 152 valence electrons. The Balaban J connectivity index is 1.61. The molecule has 5 heteroatoms. The van der Waals surface area contributed by atoms with Crippen LogP contribution in [0.4, 0.5) is 0 Å². The summed E-state index contributed by atoms with van der Waals surface area (Å²) in [6.07, 6.45) is 6.98. The van der Waals surface area contributed by atoms with Crippen LogP contribution in [0.1, 0.15) is 29.2 Å². The first-order chi connectivity index (χ1) is 14.7. The van der Waals surface area contributed by atoms with Crippen LogP contribution in [0.2, 0.25) is 0 Å². The van der Waals surface area contributed by atoms with Crippen molar-refractivity contribution in [2.24, 2.45) is 0 Å². The molecule has 0 unspecified atom stereocenters. The number of aryl methyl sites for hydroxylation is 3. The molecule has 1 aliphatic carbocycles. The number of aromatic nitrogens is 3. The maximum absolute atomic E-state index is 5.69. The Morgan fingerprint density at radius 3 is 2.50 bits per heavy atom. The molecule has 4 aromatic rings. The van der Waals surface area contributed by atoms with Crippen molar-refractivity contribution in [3.63, 3.8) is 0 Å². The van der Waals surface area contributed by atoms with E-state index >= 15 is 0 Å². The van der Waals surface area contributed by atoms with E-state index in [1.165, 1.54) is 27.8 Å². The van der Waals surface area contributed by atoms with Gasteiger partial charge in [-0.3, -0.25) is 0 Å². The van der Waals surface area contributed by atoms with E-state index in [1.54, 1.807) is 14.2 Å². The van der Waals surface area contributed by atoms with E-state index in [9.17, 15) is 0 Å². The Bertz CT molecular complexity index is 1230. The van der Waals surface area contributed by atoms with E-state index in [0.717, 1.165) is 47.4 Å². The van der Waals surface area contributed by atoms with Gasteiger partial charge >= 0.3 is 0 Å². The molecular formula is C25H25N3O2. The van der Waals surface area contributed by atoms with Gasteiger partial charge in [-0.05, 0) is 70.8 Å². The minimum absolute atomic E-state index is 0.671. The number of benzene rings is 2. The van der Waals surface area contributed by atoms with Crippen molar-refractivity contribution >= 4 is 11.0 Å². The van der Waals surface area contributed by atoms with Crippen LogP contribution < -0.4 is 9.47 Å². The summed E-state index contributed by atoms with van der Waals surface area (Å²) >= 11 is 0. The van der Waals surface area contributed by atoms with Gasteiger partial charge in [0, 0.05) is 11.6 Å².